The molecule has 0 aromatic carbocycles. The largest absolute Gasteiger partial charge is 0.313 e. The molecule has 1 aliphatic rings. The molecule has 0 amide bonds. The summed E-state index contributed by atoms with van der Waals surface area (Å²) in [4.78, 5) is 2.87. The van der Waals surface area contributed by atoms with Crippen molar-refractivity contribution in [1.29, 1.82) is 0 Å². The van der Waals surface area contributed by atoms with Gasteiger partial charge in [-0.15, -0.1) is 11.3 Å². The summed E-state index contributed by atoms with van der Waals surface area (Å²) in [6.45, 7) is 8.96. The predicted octanol–water partition coefficient (Wildman–Crippen LogP) is 2.77. The predicted molar refractivity (Wildman–Crippen MR) is 71.2 cm³/mol. The zero-order valence-electron chi connectivity index (χ0n) is 10.5. The zero-order chi connectivity index (χ0) is 11.5. The van der Waals surface area contributed by atoms with Crippen molar-refractivity contribution < 1.29 is 0 Å². The lowest BCUT2D eigenvalue weighted by Gasteiger charge is -2.17. The maximum atomic E-state index is 3.64. The topological polar surface area (TPSA) is 24.1 Å². The molecule has 0 spiro atoms. The third-order valence-electron chi connectivity index (χ3n) is 3.38. The first-order valence-electron chi connectivity index (χ1n) is 6.20. The number of aryl methyl sites for hydroxylation is 2. The van der Waals surface area contributed by atoms with Gasteiger partial charge in [-0.1, -0.05) is 0 Å². The van der Waals surface area contributed by atoms with Crippen LogP contribution in [0.25, 0.3) is 0 Å². The number of hydrogen-bond donors (Lipinski definition) is 2. The van der Waals surface area contributed by atoms with Gasteiger partial charge in [0.15, 0.2) is 0 Å². The van der Waals surface area contributed by atoms with E-state index in [9.17, 15) is 0 Å². The van der Waals surface area contributed by atoms with Gasteiger partial charge in [0.05, 0.1) is 0 Å². The fourth-order valence-electron chi connectivity index (χ4n) is 2.44. The summed E-state index contributed by atoms with van der Waals surface area (Å²) in [5, 5.41) is 7.16. The van der Waals surface area contributed by atoms with Crippen molar-refractivity contribution in [3.8, 4) is 0 Å². The summed E-state index contributed by atoms with van der Waals surface area (Å²) in [5.41, 5.74) is 1.47. The molecule has 90 valence electrons. The quantitative estimate of drug-likeness (QED) is 0.843. The van der Waals surface area contributed by atoms with Gasteiger partial charge < -0.3 is 10.6 Å². The second-order valence-corrected chi connectivity index (χ2v) is 6.25. The van der Waals surface area contributed by atoms with Crippen molar-refractivity contribution in [2.75, 3.05) is 13.1 Å². The monoisotopic (exact) mass is 238 g/mol. The van der Waals surface area contributed by atoms with Crippen molar-refractivity contribution in [2.24, 2.45) is 0 Å². The first kappa shape index (κ1) is 12.1. The number of thiophene rings is 1. The van der Waals surface area contributed by atoms with Gasteiger partial charge in [0.25, 0.3) is 0 Å². The molecule has 1 aliphatic heterocycles. The Hall–Kier alpha value is -0.380. The van der Waals surface area contributed by atoms with Gasteiger partial charge in [-0.05, 0) is 51.8 Å². The van der Waals surface area contributed by atoms with Crippen molar-refractivity contribution in [3.63, 3.8) is 0 Å². The minimum Gasteiger partial charge on any atom is -0.313 e. The van der Waals surface area contributed by atoms with Crippen LogP contribution in [0.3, 0.4) is 0 Å². The SMILES string of the molecule is Cc1cc(C(C)NCC2CCCN2)c(C)s1. The van der Waals surface area contributed by atoms with E-state index < -0.39 is 0 Å². The average Bonchev–Trinajstić information content (AvgIpc) is 2.84. The summed E-state index contributed by atoms with van der Waals surface area (Å²) in [5.74, 6) is 0. The van der Waals surface area contributed by atoms with Crippen LogP contribution < -0.4 is 10.6 Å². The number of hydrogen-bond acceptors (Lipinski definition) is 3. The highest BCUT2D eigenvalue weighted by Crippen LogP contribution is 2.26. The van der Waals surface area contributed by atoms with Crippen LogP contribution in [0.1, 0.15) is 41.1 Å². The molecule has 0 aliphatic carbocycles. The van der Waals surface area contributed by atoms with Gasteiger partial charge in [0, 0.05) is 28.4 Å². The number of nitrogens with one attached hydrogen (secondary N) is 2. The van der Waals surface area contributed by atoms with Gasteiger partial charge in [-0.2, -0.15) is 0 Å². The highest BCUT2D eigenvalue weighted by Gasteiger charge is 2.16. The molecule has 16 heavy (non-hydrogen) atoms. The van der Waals surface area contributed by atoms with Crippen LogP contribution in [0.5, 0.6) is 0 Å². The van der Waals surface area contributed by atoms with E-state index in [1.54, 1.807) is 0 Å². The summed E-state index contributed by atoms with van der Waals surface area (Å²) in [6.07, 6.45) is 2.65. The smallest absolute Gasteiger partial charge is 0.0303 e. The van der Waals surface area contributed by atoms with Crippen LogP contribution in [-0.4, -0.2) is 19.1 Å². The van der Waals surface area contributed by atoms with Crippen LogP contribution in [0.2, 0.25) is 0 Å². The first-order chi connectivity index (χ1) is 7.66. The molecule has 3 heteroatoms. The summed E-state index contributed by atoms with van der Waals surface area (Å²) in [6, 6.07) is 3.48. The van der Waals surface area contributed by atoms with Crippen LogP contribution in [0.4, 0.5) is 0 Å². The molecule has 0 bridgehead atoms. The normalized spacial score (nSPS) is 22.6. The Morgan fingerprint density at radius 1 is 1.56 bits per heavy atom. The summed E-state index contributed by atoms with van der Waals surface area (Å²) in [7, 11) is 0. The van der Waals surface area contributed by atoms with E-state index in [4.69, 9.17) is 0 Å². The Bertz CT molecular complexity index is 340. The summed E-state index contributed by atoms with van der Waals surface area (Å²) >= 11 is 1.90. The molecule has 0 saturated carbocycles. The minimum atomic E-state index is 0.479. The van der Waals surface area contributed by atoms with Crippen LogP contribution >= 0.6 is 11.3 Å². The Morgan fingerprint density at radius 2 is 2.38 bits per heavy atom. The standard InChI is InChI=1S/C13H22N2S/c1-9-7-13(11(3)16-9)10(2)15-8-12-5-4-6-14-12/h7,10,12,14-15H,4-6,8H2,1-3H3. The molecule has 1 fully saturated rings. The molecular formula is C13H22N2S. The van der Waals surface area contributed by atoms with E-state index in [0.717, 1.165) is 6.54 Å². The second kappa shape index (κ2) is 5.30. The van der Waals surface area contributed by atoms with Crippen molar-refractivity contribution >= 4 is 11.3 Å². The van der Waals surface area contributed by atoms with E-state index >= 15 is 0 Å². The lowest BCUT2D eigenvalue weighted by Crippen LogP contribution is -2.35. The van der Waals surface area contributed by atoms with Crippen LogP contribution in [-0.2, 0) is 0 Å². The lowest BCUT2D eigenvalue weighted by atomic mass is 10.1. The maximum absolute atomic E-state index is 3.64. The van der Waals surface area contributed by atoms with Gasteiger partial charge in [-0.3, -0.25) is 0 Å². The zero-order valence-corrected chi connectivity index (χ0v) is 11.3. The highest BCUT2D eigenvalue weighted by molar-refractivity contribution is 7.12. The Kier molecular flexibility index (Phi) is 4.00. The van der Waals surface area contributed by atoms with E-state index in [2.05, 4.69) is 37.5 Å². The fraction of sp³-hybridized carbons (Fsp3) is 0.692. The Labute approximate surface area is 102 Å². The number of rotatable bonds is 4. The van der Waals surface area contributed by atoms with E-state index in [1.807, 2.05) is 11.3 Å². The van der Waals surface area contributed by atoms with Gasteiger partial charge >= 0.3 is 0 Å². The molecule has 2 N–H and O–H groups in total. The molecule has 0 radical (unpaired) electrons. The van der Waals surface area contributed by atoms with E-state index in [1.165, 1.54) is 34.7 Å². The molecule has 2 heterocycles. The summed E-state index contributed by atoms with van der Waals surface area (Å²) < 4.78 is 0. The maximum Gasteiger partial charge on any atom is 0.0303 e. The highest BCUT2D eigenvalue weighted by atomic mass is 32.1. The molecule has 1 aromatic rings. The molecule has 2 atom stereocenters. The average molecular weight is 238 g/mol. The second-order valence-electron chi connectivity index (χ2n) is 4.79. The molecule has 2 nitrogen and oxygen atoms in total. The fourth-order valence-corrected chi connectivity index (χ4v) is 3.46. The Morgan fingerprint density at radius 3 is 2.94 bits per heavy atom. The van der Waals surface area contributed by atoms with Gasteiger partial charge in [0.2, 0.25) is 0 Å². The van der Waals surface area contributed by atoms with Gasteiger partial charge in [-0.25, -0.2) is 0 Å². The van der Waals surface area contributed by atoms with E-state index in [0.29, 0.717) is 12.1 Å². The third-order valence-corrected chi connectivity index (χ3v) is 4.36. The van der Waals surface area contributed by atoms with Crippen LogP contribution in [0, 0.1) is 13.8 Å². The molecule has 2 unspecified atom stereocenters. The van der Waals surface area contributed by atoms with Crippen molar-refractivity contribution in [1.82, 2.24) is 10.6 Å². The van der Waals surface area contributed by atoms with Crippen LogP contribution in [0.15, 0.2) is 6.07 Å². The molecule has 2 rings (SSSR count). The third kappa shape index (κ3) is 2.84. The van der Waals surface area contributed by atoms with E-state index in [-0.39, 0.29) is 0 Å². The molecule has 1 aromatic heterocycles. The molecular weight excluding hydrogens is 216 g/mol. The minimum absolute atomic E-state index is 0.479. The van der Waals surface area contributed by atoms with Gasteiger partial charge in [0.1, 0.15) is 0 Å². The molecule has 1 saturated heterocycles. The first-order valence-corrected chi connectivity index (χ1v) is 7.02. The van der Waals surface area contributed by atoms with Crippen molar-refractivity contribution in [2.45, 2.75) is 45.7 Å². The lowest BCUT2D eigenvalue weighted by molar-refractivity contribution is 0.489. The Balaban J connectivity index is 1.87. The van der Waals surface area contributed by atoms with Crippen molar-refractivity contribution in [3.05, 3.63) is 21.4 Å².